The normalized spacial score (nSPS) is 23.0. The number of benzene rings is 1. The van der Waals surface area contributed by atoms with Crippen molar-refractivity contribution in [2.45, 2.75) is 57.6 Å². The maximum Gasteiger partial charge on any atom is 0.411 e. The zero-order chi connectivity index (χ0) is 19.3. The summed E-state index contributed by atoms with van der Waals surface area (Å²) in [6, 6.07) is 8.14. The molecule has 2 aliphatic rings. The van der Waals surface area contributed by atoms with E-state index in [9.17, 15) is 14.4 Å². The van der Waals surface area contributed by atoms with Crippen molar-refractivity contribution in [3.63, 3.8) is 0 Å². The number of hydrogen-bond donors (Lipinski definition) is 0. The van der Waals surface area contributed by atoms with E-state index in [1.54, 1.807) is 4.57 Å². The summed E-state index contributed by atoms with van der Waals surface area (Å²) >= 11 is 0. The molecule has 6 nitrogen and oxygen atoms in total. The fraction of sp³-hybridized carbons (Fsp3) is 0.526. The van der Waals surface area contributed by atoms with Gasteiger partial charge in [-0.15, -0.1) is 0 Å². The summed E-state index contributed by atoms with van der Waals surface area (Å²) in [5.74, 6) is -0.194. The van der Waals surface area contributed by atoms with Gasteiger partial charge in [0.2, 0.25) is 5.91 Å². The van der Waals surface area contributed by atoms with Crippen LogP contribution in [0.5, 0.6) is 0 Å². The largest absolute Gasteiger partial charge is 0.445 e. The minimum absolute atomic E-state index is 0.0557. The maximum atomic E-state index is 12.8. The quantitative estimate of drug-likeness (QED) is 0.603. The first kappa shape index (κ1) is 18.6. The molecule has 2 fully saturated rings. The number of nitrogens with zero attached hydrogens (tertiary/aromatic N) is 2. The highest BCUT2D eigenvalue weighted by molar-refractivity contribution is 6.80. The lowest BCUT2D eigenvalue weighted by atomic mass is 9.99. The summed E-state index contributed by atoms with van der Waals surface area (Å²) in [5, 5.41) is -0.0604. The van der Waals surface area contributed by atoms with Gasteiger partial charge in [-0.05, 0) is 10.6 Å². The van der Waals surface area contributed by atoms with Crippen molar-refractivity contribution in [1.29, 1.82) is 0 Å². The number of fused-ring (bicyclic) bond motifs is 1. The molecule has 3 rings (SSSR count). The van der Waals surface area contributed by atoms with Crippen LogP contribution < -0.4 is 0 Å². The molecule has 2 unspecified atom stereocenters. The van der Waals surface area contributed by atoms with E-state index in [0.717, 1.165) is 5.56 Å². The fourth-order valence-corrected chi connectivity index (χ4v) is 5.81. The van der Waals surface area contributed by atoms with Gasteiger partial charge in [-0.3, -0.25) is 14.5 Å². The molecular weight excluding hydrogens is 348 g/mol. The van der Waals surface area contributed by atoms with Gasteiger partial charge in [0.25, 0.3) is 0 Å². The summed E-state index contributed by atoms with van der Waals surface area (Å²) in [7, 11) is -2.16. The third kappa shape index (κ3) is 2.84. The van der Waals surface area contributed by atoms with Crippen molar-refractivity contribution in [2.75, 3.05) is 6.54 Å². The van der Waals surface area contributed by atoms with Crippen molar-refractivity contribution in [3.8, 4) is 0 Å². The predicted molar refractivity (Wildman–Crippen MR) is 100.0 cm³/mol. The Morgan fingerprint density at radius 2 is 1.77 bits per heavy atom. The minimum atomic E-state index is -2.16. The summed E-state index contributed by atoms with van der Waals surface area (Å²) in [6.45, 7) is 10.6. The van der Waals surface area contributed by atoms with Crippen LogP contribution in [0.15, 0.2) is 30.3 Å². The van der Waals surface area contributed by atoms with Gasteiger partial charge in [-0.1, -0.05) is 64.2 Å². The first-order chi connectivity index (χ1) is 12.1. The molecule has 2 aliphatic heterocycles. The Labute approximate surface area is 155 Å². The van der Waals surface area contributed by atoms with Crippen molar-refractivity contribution in [2.24, 2.45) is 0 Å². The molecule has 1 aromatic carbocycles. The van der Waals surface area contributed by atoms with Gasteiger partial charge in [-0.2, -0.15) is 0 Å². The standard InChI is InChI=1S/C19H26N2O4Si/c1-19(2,3)26(4,5)21-15-14(22)11-20(16(15)17(21)23)18(24)25-12-13-9-7-6-8-10-13/h6-10,15-16H,11-12H2,1-5H3. The Hall–Kier alpha value is -2.15. The predicted octanol–water partition coefficient (Wildman–Crippen LogP) is 2.79. The van der Waals surface area contributed by atoms with Crippen molar-refractivity contribution >= 4 is 26.0 Å². The lowest BCUT2D eigenvalue weighted by Gasteiger charge is -2.56. The first-order valence-corrected chi connectivity index (χ1v) is 11.8. The second-order valence-electron chi connectivity index (χ2n) is 8.54. The number of carbonyl (C=O) groups is 3. The SMILES string of the molecule is CC(C)(C)[Si](C)(C)N1C(=O)C2C1C(=O)CN2C(=O)OCc1ccccc1. The second kappa shape index (κ2) is 6.23. The van der Waals surface area contributed by atoms with Crippen LogP contribution >= 0.6 is 0 Å². The smallest absolute Gasteiger partial charge is 0.411 e. The molecule has 26 heavy (non-hydrogen) atoms. The Morgan fingerprint density at radius 3 is 2.35 bits per heavy atom. The summed E-state index contributed by atoms with van der Waals surface area (Å²) in [6.07, 6.45) is -0.599. The molecular formula is C19H26N2O4Si. The monoisotopic (exact) mass is 374 g/mol. The van der Waals surface area contributed by atoms with Crippen LogP contribution in [0.2, 0.25) is 18.1 Å². The Morgan fingerprint density at radius 1 is 1.15 bits per heavy atom. The highest BCUT2D eigenvalue weighted by Crippen LogP contribution is 2.45. The van der Waals surface area contributed by atoms with Gasteiger partial charge in [0.1, 0.15) is 18.7 Å². The zero-order valence-corrected chi connectivity index (χ0v) is 17.0. The van der Waals surface area contributed by atoms with Crippen LogP contribution in [0.3, 0.4) is 0 Å². The highest BCUT2D eigenvalue weighted by Gasteiger charge is 2.65. The number of ketones is 1. The van der Waals surface area contributed by atoms with Gasteiger partial charge >= 0.3 is 6.09 Å². The molecule has 2 heterocycles. The van der Waals surface area contributed by atoms with Crippen LogP contribution in [0.25, 0.3) is 0 Å². The van der Waals surface area contributed by atoms with Crippen LogP contribution in [0, 0.1) is 0 Å². The van der Waals surface area contributed by atoms with E-state index in [-0.39, 0.29) is 29.9 Å². The number of likely N-dealkylation sites (tertiary alicyclic amines) is 1. The number of ether oxygens (including phenoxy) is 1. The van der Waals surface area contributed by atoms with E-state index in [0.29, 0.717) is 0 Å². The number of hydrogen-bond acceptors (Lipinski definition) is 4. The number of β-lactam (4-membered cyclic amide) rings is 1. The van der Waals surface area contributed by atoms with E-state index in [4.69, 9.17) is 4.74 Å². The van der Waals surface area contributed by atoms with Crippen LogP contribution in [0.4, 0.5) is 4.79 Å². The maximum absolute atomic E-state index is 12.8. The molecule has 7 heteroatoms. The van der Waals surface area contributed by atoms with E-state index < -0.39 is 26.4 Å². The number of carbonyl (C=O) groups excluding carboxylic acids is 3. The second-order valence-corrected chi connectivity index (χ2v) is 13.6. The van der Waals surface area contributed by atoms with Crippen molar-refractivity contribution in [3.05, 3.63) is 35.9 Å². The van der Waals surface area contributed by atoms with Crippen molar-refractivity contribution in [1.82, 2.24) is 9.47 Å². The average Bonchev–Trinajstić information content (AvgIpc) is 2.85. The first-order valence-electron chi connectivity index (χ1n) is 8.89. The zero-order valence-electron chi connectivity index (χ0n) is 16.0. The van der Waals surface area contributed by atoms with Gasteiger partial charge in [0.05, 0.1) is 6.54 Å². The molecule has 0 spiro atoms. The molecule has 2 saturated heterocycles. The third-order valence-electron chi connectivity index (χ3n) is 5.94. The van der Waals surface area contributed by atoms with Gasteiger partial charge < -0.3 is 9.30 Å². The molecule has 140 valence electrons. The van der Waals surface area contributed by atoms with Crippen LogP contribution in [-0.2, 0) is 20.9 Å². The molecule has 1 aromatic rings. The average molecular weight is 375 g/mol. The van der Waals surface area contributed by atoms with E-state index >= 15 is 0 Å². The summed E-state index contributed by atoms with van der Waals surface area (Å²) in [4.78, 5) is 39.1. The van der Waals surface area contributed by atoms with Gasteiger partial charge in [0.15, 0.2) is 14.0 Å². The number of Topliss-reactive ketones (excluding diaryl/α,β-unsaturated/α-hetero) is 1. The molecule has 0 aromatic heterocycles. The Kier molecular flexibility index (Phi) is 4.46. The molecule has 0 aliphatic carbocycles. The van der Waals surface area contributed by atoms with Gasteiger partial charge in [0, 0.05) is 0 Å². The molecule has 0 N–H and O–H groups in total. The molecule has 0 saturated carbocycles. The molecule has 0 bridgehead atoms. The topological polar surface area (TPSA) is 66.9 Å². The van der Waals surface area contributed by atoms with Crippen LogP contribution in [-0.4, -0.2) is 54.1 Å². The van der Waals surface area contributed by atoms with Gasteiger partial charge in [-0.25, -0.2) is 4.79 Å². The summed E-state index contributed by atoms with van der Waals surface area (Å²) < 4.78 is 7.11. The van der Waals surface area contributed by atoms with Crippen LogP contribution in [0.1, 0.15) is 26.3 Å². The molecule has 2 amide bonds. The Balaban J connectivity index is 1.71. The fourth-order valence-electron chi connectivity index (χ4n) is 3.42. The number of rotatable bonds is 3. The van der Waals surface area contributed by atoms with E-state index in [2.05, 4.69) is 33.9 Å². The highest BCUT2D eigenvalue weighted by atomic mass is 28.3. The number of amides is 2. The van der Waals surface area contributed by atoms with E-state index in [1.165, 1.54) is 4.90 Å². The molecule has 0 radical (unpaired) electrons. The third-order valence-corrected chi connectivity index (χ3v) is 11.3. The van der Waals surface area contributed by atoms with E-state index in [1.807, 2.05) is 30.3 Å². The van der Waals surface area contributed by atoms with Crippen molar-refractivity contribution < 1.29 is 19.1 Å². The minimum Gasteiger partial charge on any atom is -0.445 e. The lowest BCUT2D eigenvalue weighted by molar-refractivity contribution is -0.148. The Bertz CT molecular complexity index is 742. The molecule has 2 atom stereocenters. The lowest BCUT2D eigenvalue weighted by Crippen LogP contribution is -2.77. The summed E-state index contributed by atoms with van der Waals surface area (Å²) in [5.41, 5.74) is 0.866.